The molecule has 2 fully saturated rings. The van der Waals surface area contributed by atoms with E-state index in [9.17, 15) is 24.3 Å². The molecule has 3 heterocycles. The minimum absolute atomic E-state index is 0.0212. The van der Waals surface area contributed by atoms with Gasteiger partial charge in [0.1, 0.15) is 17.6 Å². The van der Waals surface area contributed by atoms with Crippen molar-refractivity contribution in [2.45, 2.75) is 50.3 Å². The second-order valence-electron chi connectivity index (χ2n) is 7.52. The molecule has 0 aromatic heterocycles. The highest BCUT2D eigenvalue weighted by Gasteiger charge is 2.60. The van der Waals surface area contributed by atoms with E-state index in [1.54, 1.807) is 6.92 Å². The highest BCUT2D eigenvalue weighted by atomic mass is 16.7. The van der Waals surface area contributed by atoms with Crippen LogP contribution in [0.5, 0.6) is 5.75 Å². The van der Waals surface area contributed by atoms with Crippen LogP contribution in [-0.4, -0.2) is 52.5 Å². The van der Waals surface area contributed by atoms with Gasteiger partial charge in [0, 0.05) is 12.0 Å². The molecule has 4 aliphatic rings. The van der Waals surface area contributed by atoms with Crippen LogP contribution < -0.4 is 0 Å². The molecule has 8 heteroatoms. The number of benzene rings is 1. The SMILES string of the molecule is C[C@@H]1CC(=O)C[C@]2(O1)O[C@@H]1CC(=O)O[C@@H]1C1=C2C(=O)c2c(O)cccc2C1=O. The van der Waals surface area contributed by atoms with Crippen LogP contribution in [0, 0.1) is 0 Å². The standard InChI is InChI=1S/C20H16O8/c1-8-5-9(21)7-20(27-8)16-15(19-12(28-20)6-13(23)26-19)17(24)10-3-2-4-11(22)14(10)18(16)25/h2-4,8,12,19,22H,5-7H2,1H3/t8-,12-,19+,20+/m1/s1. The molecule has 1 aliphatic carbocycles. The van der Waals surface area contributed by atoms with Gasteiger partial charge in [-0.3, -0.25) is 19.2 Å². The van der Waals surface area contributed by atoms with Gasteiger partial charge in [0.05, 0.1) is 35.7 Å². The van der Waals surface area contributed by atoms with Crippen molar-refractivity contribution in [3.8, 4) is 5.75 Å². The van der Waals surface area contributed by atoms with Gasteiger partial charge >= 0.3 is 5.97 Å². The summed E-state index contributed by atoms with van der Waals surface area (Å²) in [6, 6.07) is 4.20. The lowest BCUT2D eigenvalue weighted by molar-refractivity contribution is -0.272. The first-order valence-electron chi connectivity index (χ1n) is 9.03. The summed E-state index contributed by atoms with van der Waals surface area (Å²) in [6.07, 6.45) is -2.63. The predicted molar refractivity (Wildman–Crippen MR) is 90.7 cm³/mol. The van der Waals surface area contributed by atoms with Crippen molar-refractivity contribution in [3.05, 3.63) is 40.5 Å². The van der Waals surface area contributed by atoms with Crippen molar-refractivity contribution >= 4 is 23.3 Å². The maximum Gasteiger partial charge on any atom is 0.309 e. The molecule has 1 N–H and O–H groups in total. The van der Waals surface area contributed by atoms with Gasteiger partial charge in [-0.2, -0.15) is 0 Å². The molecule has 0 bridgehead atoms. The third-order valence-electron chi connectivity index (χ3n) is 5.56. The Kier molecular flexibility index (Phi) is 3.45. The Morgan fingerprint density at radius 2 is 1.86 bits per heavy atom. The van der Waals surface area contributed by atoms with E-state index >= 15 is 0 Å². The van der Waals surface area contributed by atoms with Crippen LogP contribution in [0.3, 0.4) is 0 Å². The van der Waals surface area contributed by atoms with Gasteiger partial charge in [0.2, 0.25) is 5.79 Å². The molecule has 8 nitrogen and oxygen atoms in total. The summed E-state index contributed by atoms with van der Waals surface area (Å²) in [7, 11) is 0. The zero-order valence-electron chi connectivity index (χ0n) is 14.9. The number of phenolic OH excluding ortho intramolecular Hbond substituents is 1. The van der Waals surface area contributed by atoms with E-state index in [1.165, 1.54) is 18.2 Å². The summed E-state index contributed by atoms with van der Waals surface area (Å²) in [5.41, 5.74) is -0.307. The van der Waals surface area contributed by atoms with Gasteiger partial charge in [-0.25, -0.2) is 0 Å². The Balaban J connectivity index is 1.78. The number of hydrogen-bond donors (Lipinski definition) is 1. The van der Waals surface area contributed by atoms with Crippen molar-refractivity contribution in [2.75, 3.05) is 0 Å². The molecule has 0 amide bonds. The smallest absolute Gasteiger partial charge is 0.309 e. The Morgan fingerprint density at radius 1 is 1.07 bits per heavy atom. The van der Waals surface area contributed by atoms with E-state index in [0.717, 1.165) is 0 Å². The number of fused-ring (bicyclic) bond motifs is 4. The summed E-state index contributed by atoms with van der Waals surface area (Å²) < 4.78 is 17.2. The minimum Gasteiger partial charge on any atom is -0.507 e. The number of carbonyl (C=O) groups is 4. The fourth-order valence-corrected chi connectivity index (χ4v) is 4.59. The van der Waals surface area contributed by atoms with E-state index < -0.39 is 41.6 Å². The normalized spacial score (nSPS) is 34.2. The molecular weight excluding hydrogens is 368 g/mol. The molecule has 5 rings (SSSR count). The van der Waals surface area contributed by atoms with Crippen molar-refractivity contribution in [1.82, 2.24) is 0 Å². The van der Waals surface area contributed by atoms with Crippen LogP contribution in [0.2, 0.25) is 0 Å². The van der Waals surface area contributed by atoms with Gasteiger partial charge < -0.3 is 19.3 Å². The van der Waals surface area contributed by atoms with E-state index in [-0.39, 0.29) is 53.1 Å². The molecule has 144 valence electrons. The third kappa shape index (κ3) is 2.18. The number of hydrogen-bond acceptors (Lipinski definition) is 8. The van der Waals surface area contributed by atoms with Gasteiger partial charge in [-0.05, 0) is 13.0 Å². The molecule has 1 aromatic rings. The van der Waals surface area contributed by atoms with Gasteiger partial charge in [-0.1, -0.05) is 12.1 Å². The third-order valence-corrected chi connectivity index (χ3v) is 5.56. The Bertz CT molecular complexity index is 1010. The zero-order valence-corrected chi connectivity index (χ0v) is 14.9. The van der Waals surface area contributed by atoms with Crippen LogP contribution in [0.25, 0.3) is 0 Å². The van der Waals surface area contributed by atoms with E-state index in [1.807, 2.05) is 0 Å². The monoisotopic (exact) mass is 384 g/mol. The average molecular weight is 384 g/mol. The maximum atomic E-state index is 13.4. The number of carbonyl (C=O) groups excluding carboxylic acids is 4. The molecule has 2 saturated heterocycles. The van der Waals surface area contributed by atoms with Crippen molar-refractivity contribution < 1.29 is 38.5 Å². The molecule has 1 aromatic carbocycles. The Morgan fingerprint density at radius 3 is 2.61 bits per heavy atom. The lowest BCUT2D eigenvalue weighted by Crippen LogP contribution is -2.57. The molecule has 0 unspecified atom stereocenters. The van der Waals surface area contributed by atoms with E-state index in [0.29, 0.717) is 0 Å². The maximum absolute atomic E-state index is 13.4. The van der Waals surface area contributed by atoms with E-state index in [4.69, 9.17) is 14.2 Å². The number of Topliss-reactive ketones (excluding diaryl/α,β-unsaturated/α-hetero) is 3. The Labute approximate surface area is 159 Å². The summed E-state index contributed by atoms with van der Waals surface area (Å²) in [6.45, 7) is 1.67. The van der Waals surface area contributed by atoms with Crippen LogP contribution in [0.4, 0.5) is 0 Å². The highest BCUT2D eigenvalue weighted by Crippen LogP contribution is 2.49. The lowest BCUT2D eigenvalue weighted by atomic mass is 9.74. The zero-order chi connectivity index (χ0) is 19.8. The summed E-state index contributed by atoms with van der Waals surface area (Å²) in [4.78, 5) is 50.9. The largest absolute Gasteiger partial charge is 0.507 e. The quantitative estimate of drug-likeness (QED) is 0.665. The molecule has 0 saturated carbocycles. The molecule has 0 radical (unpaired) electrons. The second kappa shape index (κ2) is 5.59. The summed E-state index contributed by atoms with van der Waals surface area (Å²) in [5, 5.41) is 10.2. The number of esters is 1. The summed E-state index contributed by atoms with van der Waals surface area (Å²) >= 11 is 0. The van der Waals surface area contributed by atoms with Crippen LogP contribution in [0.1, 0.15) is 46.9 Å². The molecule has 3 aliphatic heterocycles. The van der Waals surface area contributed by atoms with Crippen LogP contribution >= 0.6 is 0 Å². The van der Waals surface area contributed by atoms with Gasteiger partial charge in [-0.15, -0.1) is 0 Å². The summed E-state index contributed by atoms with van der Waals surface area (Å²) in [5.74, 6) is -4.06. The number of phenols is 1. The topological polar surface area (TPSA) is 116 Å². The fraction of sp³-hybridized carbons (Fsp3) is 0.400. The van der Waals surface area contributed by atoms with Gasteiger partial charge in [0.15, 0.2) is 17.7 Å². The minimum atomic E-state index is -1.77. The Hall–Kier alpha value is -2.84. The van der Waals surface area contributed by atoms with Crippen LogP contribution in [0.15, 0.2) is 29.3 Å². The molecular formula is C20H16O8. The lowest BCUT2D eigenvalue weighted by Gasteiger charge is -2.47. The van der Waals surface area contributed by atoms with Gasteiger partial charge in [0.25, 0.3) is 0 Å². The average Bonchev–Trinajstić information content (AvgIpc) is 2.96. The predicted octanol–water partition coefficient (Wildman–Crippen LogP) is 1.25. The van der Waals surface area contributed by atoms with Crippen molar-refractivity contribution in [1.29, 1.82) is 0 Å². The first kappa shape index (κ1) is 17.3. The number of ether oxygens (including phenoxy) is 3. The number of ketones is 3. The van der Waals surface area contributed by atoms with E-state index in [2.05, 4.69) is 0 Å². The first-order valence-corrected chi connectivity index (χ1v) is 9.03. The molecule has 28 heavy (non-hydrogen) atoms. The van der Waals surface area contributed by atoms with Crippen molar-refractivity contribution in [2.24, 2.45) is 0 Å². The first-order chi connectivity index (χ1) is 13.3. The second-order valence-corrected chi connectivity index (χ2v) is 7.52. The molecule has 1 spiro atoms. The fourth-order valence-electron chi connectivity index (χ4n) is 4.59. The molecule has 4 atom stereocenters. The highest BCUT2D eigenvalue weighted by molar-refractivity contribution is 6.29. The number of rotatable bonds is 0. The number of aromatic hydroxyl groups is 1. The van der Waals surface area contributed by atoms with Crippen LogP contribution in [-0.2, 0) is 23.8 Å². The van der Waals surface area contributed by atoms with Crippen molar-refractivity contribution in [3.63, 3.8) is 0 Å².